The number of anilines is 1. The molecule has 0 aliphatic heterocycles. The standard InChI is InChI=1S/C23H27NO6/c1-4-17(13-15(2)25)30-20-11-9-16(14-21(20)29-3)10-12-22(26)24-19-8-6-5-7-18(19)23(27)28/h5-12,14-15,17,25H,4,13H2,1-3H3,(H,24,26)(H,27,28)/b12-10+. The van der Waals surface area contributed by atoms with Gasteiger partial charge in [0.1, 0.15) is 6.10 Å². The van der Waals surface area contributed by atoms with Crippen LogP contribution in [-0.4, -0.2) is 41.4 Å². The Labute approximate surface area is 176 Å². The lowest BCUT2D eigenvalue weighted by Crippen LogP contribution is -2.21. The molecule has 0 saturated carbocycles. The fourth-order valence-corrected chi connectivity index (χ4v) is 2.87. The van der Waals surface area contributed by atoms with Gasteiger partial charge < -0.3 is 25.0 Å². The summed E-state index contributed by atoms with van der Waals surface area (Å²) in [4.78, 5) is 23.4. The maximum atomic E-state index is 12.2. The van der Waals surface area contributed by atoms with E-state index < -0.39 is 18.0 Å². The lowest BCUT2D eigenvalue weighted by atomic mass is 10.1. The van der Waals surface area contributed by atoms with Gasteiger partial charge in [0.25, 0.3) is 0 Å². The van der Waals surface area contributed by atoms with E-state index >= 15 is 0 Å². The molecular weight excluding hydrogens is 386 g/mol. The molecule has 0 heterocycles. The topological polar surface area (TPSA) is 105 Å². The molecule has 0 aromatic heterocycles. The van der Waals surface area contributed by atoms with Gasteiger partial charge in [-0.05, 0) is 49.2 Å². The third-order valence-corrected chi connectivity index (χ3v) is 4.38. The van der Waals surface area contributed by atoms with Crippen molar-refractivity contribution in [3.63, 3.8) is 0 Å². The van der Waals surface area contributed by atoms with Gasteiger partial charge in [0.05, 0.1) is 24.5 Å². The highest BCUT2D eigenvalue weighted by atomic mass is 16.5. The Balaban J connectivity index is 2.10. The molecule has 3 N–H and O–H groups in total. The number of amides is 1. The maximum Gasteiger partial charge on any atom is 0.337 e. The molecule has 2 rings (SSSR count). The van der Waals surface area contributed by atoms with Crippen molar-refractivity contribution in [2.75, 3.05) is 12.4 Å². The Morgan fingerprint density at radius 3 is 2.53 bits per heavy atom. The SMILES string of the molecule is CCC(CC(C)O)Oc1ccc(/C=C/C(=O)Nc2ccccc2C(=O)O)cc1OC. The molecule has 0 saturated heterocycles. The van der Waals surface area contributed by atoms with E-state index in [1.165, 1.54) is 25.3 Å². The Bertz CT molecular complexity index is 906. The number of rotatable bonds is 10. The van der Waals surface area contributed by atoms with E-state index in [-0.39, 0.29) is 17.4 Å². The Morgan fingerprint density at radius 1 is 1.17 bits per heavy atom. The summed E-state index contributed by atoms with van der Waals surface area (Å²) >= 11 is 0. The summed E-state index contributed by atoms with van der Waals surface area (Å²) in [6.07, 6.45) is 3.56. The molecule has 2 aromatic carbocycles. The summed E-state index contributed by atoms with van der Waals surface area (Å²) in [6.45, 7) is 3.70. The van der Waals surface area contributed by atoms with E-state index in [4.69, 9.17) is 9.47 Å². The number of aliphatic hydroxyl groups excluding tert-OH is 1. The summed E-state index contributed by atoms with van der Waals surface area (Å²) in [5, 5.41) is 21.3. The van der Waals surface area contributed by atoms with Gasteiger partial charge in [-0.2, -0.15) is 0 Å². The van der Waals surface area contributed by atoms with Crippen LogP contribution in [0.4, 0.5) is 5.69 Å². The number of ether oxygens (including phenoxy) is 2. The first-order chi connectivity index (χ1) is 14.3. The zero-order chi connectivity index (χ0) is 22.1. The normalized spacial score (nSPS) is 12.9. The summed E-state index contributed by atoms with van der Waals surface area (Å²) in [7, 11) is 1.53. The van der Waals surface area contributed by atoms with Crippen molar-refractivity contribution in [1.82, 2.24) is 0 Å². The van der Waals surface area contributed by atoms with Crippen LogP contribution in [0.5, 0.6) is 11.5 Å². The number of aliphatic hydroxyl groups is 1. The molecule has 2 atom stereocenters. The van der Waals surface area contributed by atoms with Crippen LogP contribution in [0.15, 0.2) is 48.5 Å². The summed E-state index contributed by atoms with van der Waals surface area (Å²) in [5.41, 5.74) is 0.958. The van der Waals surface area contributed by atoms with E-state index in [0.717, 1.165) is 6.42 Å². The number of benzene rings is 2. The number of hydrogen-bond acceptors (Lipinski definition) is 5. The Morgan fingerprint density at radius 2 is 1.90 bits per heavy atom. The fraction of sp³-hybridized carbons (Fsp3) is 0.304. The molecule has 1 amide bonds. The predicted octanol–water partition coefficient (Wildman–Crippen LogP) is 3.97. The molecule has 7 nitrogen and oxygen atoms in total. The van der Waals surface area contributed by atoms with E-state index in [2.05, 4.69) is 5.32 Å². The average molecular weight is 413 g/mol. The minimum Gasteiger partial charge on any atom is -0.493 e. The molecule has 0 fully saturated rings. The molecule has 0 spiro atoms. The molecule has 160 valence electrons. The van der Waals surface area contributed by atoms with Crippen molar-refractivity contribution in [1.29, 1.82) is 0 Å². The molecule has 2 aromatic rings. The molecular formula is C23H27NO6. The summed E-state index contributed by atoms with van der Waals surface area (Å²) in [6, 6.07) is 11.5. The molecule has 0 bridgehead atoms. The van der Waals surface area contributed by atoms with Crippen molar-refractivity contribution in [3.05, 3.63) is 59.7 Å². The monoisotopic (exact) mass is 413 g/mol. The van der Waals surface area contributed by atoms with Crippen molar-refractivity contribution in [3.8, 4) is 11.5 Å². The highest BCUT2D eigenvalue weighted by molar-refractivity contribution is 6.06. The smallest absolute Gasteiger partial charge is 0.337 e. The third-order valence-electron chi connectivity index (χ3n) is 4.38. The van der Waals surface area contributed by atoms with Gasteiger partial charge >= 0.3 is 5.97 Å². The van der Waals surface area contributed by atoms with Gasteiger partial charge in [0.2, 0.25) is 5.91 Å². The second-order valence-electron chi connectivity index (χ2n) is 6.82. The minimum atomic E-state index is -1.11. The van der Waals surface area contributed by atoms with Crippen LogP contribution < -0.4 is 14.8 Å². The highest BCUT2D eigenvalue weighted by Crippen LogP contribution is 2.30. The Kier molecular flexibility index (Phi) is 8.43. The van der Waals surface area contributed by atoms with Gasteiger partial charge in [-0.25, -0.2) is 4.79 Å². The first-order valence-electron chi connectivity index (χ1n) is 9.68. The average Bonchev–Trinajstić information content (AvgIpc) is 2.72. The van der Waals surface area contributed by atoms with Gasteiger partial charge in [0, 0.05) is 12.5 Å². The summed E-state index contributed by atoms with van der Waals surface area (Å²) in [5.74, 6) is -0.498. The Hall–Kier alpha value is -3.32. The summed E-state index contributed by atoms with van der Waals surface area (Å²) < 4.78 is 11.3. The number of carbonyl (C=O) groups is 2. The zero-order valence-corrected chi connectivity index (χ0v) is 17.3. The number of carboxylic acids is 1. The second-order valence-corrected chi connectivity index (χ2v) is 6.82. The van der Waals surface area contributed by atoms with Crippen LogP contribution in [0, 0.1) is 0 Å². The first-order valence-corrected chi connectivity index (χ1v) is 9.68. The molecule has 7 heteroatoms. The van der Waals surface area contributed by atoms with Crippen molar-refractivity contribution >= 4 is 23.6 Å². The van der Waals surface area contributed by atoms with E-state index in [1.807, 2.05) is 6.92 Å². The molecule has 30 heavy (non-hydrogen) atoms. The van der Waals surface area contributed by atoms with Crippen LogP contribution in [-0.2, 0) is 4.79 Å². The zero-order valence-electron chi connectivity index (χ0n) is 17.3. The van der Waals surface area contributed by atoms with Crippen LogP contribution in [0.25, 0.3) is 6.08 Å². The van der Waals surface area contributed by atoms with Crippen LogP contribution >= 0.6 is 0 Å². The fourth-order valence-electron chi connectivity index (χ4n) is 2.87. The van der Waals surface area contributed by atoms with Gasteiger partial charge in [-0.15, -0.1) is 0 Å². The highest BCUT2D eigenvalue weighted by Gasteiger charge is 2.15. The van der Waals surface area contributed by atoms with E-state index in [1.54, 1.807) is 43.3 Å². The second kappa shape index (κ2) is 11.0. The van der Waals surface area contributed by atoms with E-state index in [0.29, 0.717) is 23.5 Å². The molecule has 0 radical (unpaired) electrons. The number of aromatic carboxylic acids is 1. The largest absolute Gasteiger partial charge is 0.493 e. The number of carbonyl (C=O) groups excluding carboxylic acids is 1. The third kappa shape index (κ3) is 6.63. The molecule has 0 aliphatic carbocycles. The van der Waals surface area contributed by atoms with Crippen LogP contribution in [0.1, 0.15) is 42.6 Å². The van der Waals surface area contributed by atoms with Crippen molar-refractivity contribution in [2.24, 2.45) is 0 Å². The first kappa shape index (κ1) is 23.0. The number of methoxy groups -OCH3 is 1. The van der Waals surface area contributed by atoms with Gasteiger partial charge in [-0.3, -0.25) is 4.79 Å². The predicted molar refractivity (Wildman–Crippen MR) is 115 cm³/mol. The van der Waals surface area contributed by atoms with Gasteiger partial charge in [0.15, 0.2) is 11.5 Å². The lowest BCUT2D eigenvalue weighted by Gasteiger charge is -2.20. The maximum absolute atomic E-state index is 12.2. The molecule has 2 unspecified atom stereocenters. The van der Waals surface area contributed by atoms with Crippen LogP contribution in [0.2, 0.25) is 0 Å². The lowest BCUT2D eigenvalue weighted by molar-refractivity contribution is -0.111. The number of hydrogen-bond donors (Lipinski definition) is 3. The van der Waals surface area contributed by atoms with Crippen molar-refractivity contribution < 1.29 is 29.3 Å². The number of carboxylic acid groups (broad SMARTS) is 1. The molecule has 0 aliphatic rings. The minimum absolute atomic E-state index is 0.0186. The quantitative estimate of drug-likeness (QED) is 0.509. The van der Waals surface area contributed by atoms with Gasteiger partial charge in [-0.1, -0.05) is 25.1 Å². The van der Waals surface area contributed by atoms with Crippen molar-refractivity contribution in [2.45, 2.75) is 38.9 Å². The van der Waals surface area contributed by atoms with Crippen LogP contribution in [0.3, 0.4) is 0 Å². The number of nitrogens with one attached hydrogen (secondary N) is 1. The number of para-hydroxylation sites is 1. The van der Waals surface area contributed by atoms with E-state index in [9.17, 15) is 19.8 Å².